The summed E-state index contributed by atoms with van der Waals surface area (Å²) >= 11 is 5.76. The van der Waals surface area contributed by atoms with Crippen molar-refractivity contribution in [1.82, 2.24) is 30.0 Å². The smallest absolute Gasteiger partial charge is 0.338 e. The van der Waals surface area contributed by atoms with Crippen LogP contribution in [0.2, 0.25) is 5.02 Å². The molecule has 0 radical (unpaired) electrons. The Morgan fingerprint density at radius 1 is 0.892 bits per heavy atom. The van der Waals surface area contributed by atoms with E-state index in [4.69, 9.17) is 11.6 Å². The van der Waals surface area contributed by atoms with Crippen LogP contribution in [0.15, 0.2) is 54.6 Å². The Labute approximate surface area is 215 Å². The molecule has 9 nitrogen and oxygen atoms in total. The van der Waals surface area contributed by atoms with Gasteiger partial charge >= 0.3 is 6.18 Å². The normalized spacial score (nSPS) is 14.6. The predicted molar refractivity (Wildman–Crippen MR) is 137 cm³/mol. The molecule has 2 aromatic carbocycles. The number of H-pyrrole nitrogens is 1. The van der Waals surface area contributed by atoms with Crippen LogP contribution in [0.4, 0.5) is 42.5 Å². The maximum Gasteiger partial charge on any atom is 0.417 e. The predicted octanol–water partition coefficient (Wildman–Crippen LogP) is 5.17. The molecule has 0 spiro atoms. The average molecular weight is 530 g/mol. The van der Waals surface area contributed by atoms with E-state index in [1.807, 2.05) is 48.3 Å². The first-order valence-corrected chi connectivity index (χ1v) is 11.8. The number of benzene rings is 2. The first-order chi connectivity index (χ1) is 17.7. The van der Waals surface area contributed by atoms with Gasteiger partial charge in [0, 0.05) is 37.9 Å². The molecule has 1 aliphatic heterocycles. The molecule has 4 aromatic rings. The number of hydrogen-bond acceptors (Lipinski definition) is 8. The number of alkyl halides is 3. The van der Waals surface area contributed by atoms with Gasteiger partial charge in [-0.1, -0.05) is 41.9 Å². The largest absolute Gasteiger partial charge is 0.417 e. The highest BCUT2D eigenvalue weighted by molar-refractivity contribution is 6.31. The van der Waals surface area contributed by atoms with Gasteiger partial charge in [-0.3, -0.25) is 5.10 Å². The zero-order valence-corrected chi connectivity index (χ0v) is 20.5. The van der Waals surface area contributed by atoms with Crippen molar-refractivity contribution in [3.05, 3.63) is 65.2 Å². The number of piperazine rings is 1. The second-order valence-corrected chi connectivity index (χ2v) is 8.96. The molecular weight excluding hydrogens is 507 g/mol. The molecule has 2 aromatic heterocycles. The molecule has 1 saturated heterocycles. The number of nitrogens with zero attached hydrogens (tertiary/aromatic N) is 6. The molecule has 5 rings (SSSR count). The topological polar surface area (TPSA) is 97.9 Å². The summed E-state index contributed by atoms with van der Waals surface area (Å²) in [4.78, 5) is 17.6. The van der Waals surface area contributed by atoms with Gasteiger partial charge in [-0.15, -0.1) is 0 Å². The molecule has 37 heavy (non-hydrogen) atoms. The Hall–Kier alpha value is -3.90. The Morgan fingerprint density at radius 2 is 1.59 bits per heavy atom. The number of aromatic nitrogens is 5. The first-order valence-electron chi connectivity index (χ1n) is 11.5. The van der Waals surface area contributed by atoms with Crippen LogP contribution < -0.4 is 15.5 Å². The van der Waals surface area contributed by atoms with E-state index in [1.54, 1.807) is 0 Å². The van der Waals surface area contributed by atoms with Crippen LogP contribution >= 0.6 is 11.6 Å². The fourth-order valence-corrected chi connectivity index (χ4v) is 4.06. The van der Waals surface area contributed by atoms with Crippen LogP contribution in [0, 0.1) is 0 Å². The number of anilines is 5. The lowest BCUT2D eigenvalue weighted by molar-refractivity contribution is -0.137. The summed E-state index contributed by atoms with van der Waals surface area (Å²) in [7, 11) is 2.03. The minimum atomic E-state index is -4.60. The summed E-state index contributed by atoms with van der Waals surface area (Å²) in [6.07, 6.45) is -4.60. The van der Waals surface area contributed by atoms with Gasteiger partial charge in [0.15, 0.2) is 5.82 Å². The number of nitrogens with one attached hydrogen (secondary N) is 3. The molecular formula is C24H23ClF3N9. The highest BCUT2D eigenvalue weighted by atomic mass is 35.5. The molecule has 13 heteroatoms. The minimum absolute atomic E-state index is 0.0840. The Morgan fingerprint density at radius 3 is 2.30 bits per heavy atom. The van der Waals surface area contributed by atoms with Crippen molar-refractivity contribution in [2.24, 2.45) is 0 Å². The van der Waals surface area contributed by atoms with Crippen molar-refractivity contribution in [3.63, 3.8) is 0 Å². The SMILES string of the molecule is CN1CCN(c2nc(Nc3ccc(Cl)c(C(F)(F)F)c3)nc(Nc3cc(-c4ccccc4)[nH]n3)n2)CC1. The van der Waals surface area contributed by atoms with Crippen LogP contribution in [0.3, 0.4) is 0 Å². The molecule has 0 unspecified atom stereocenters. The van der Waals surface area contributed by atoms with E-state index >= 15 is 0 Å². The Bertz CT molecular complexity index is 1370. The van der Waals surface area contributed by atoms with Gasteiger partial charge in [0.05, 0.1) is 16.3 Å². The van der Waals surface area contributed by atoms with Crippen molar-refractivity contribution in [2.75, 3.05) is 48.8 Å². The molecule has 0 bridgehead atoms. The lowest BCUT2D eigenvalue weighted by atomic mass is 10.2. The van der Waals surface area contributed by atoms with Gasteiger partial charge in [0.25, 0.3) is 0 Å². The number of likely N-dealkylation sites (N-methyl/N-ethyl adjacent to an activating group) is 1. The summed E-state index contributed by atoms with van der Waals surface area (Å²) in [5, 5.41) is 12.8. The van der Waals surface area contributed by atoms with E-state index in [0.29, 0.717) is 24.9 Å². The molecule has 1 aliphatic rings. The lowest BCUT2D eigenvalue weighted by Gasteiger charge is -2.32. The van der Waals surface area contributed by atoms with Gasteiger partial charge < -0.3 is 20.4 Å². The Balaban J connectivity index is 1.45. The second-order valence-electron chi connectivity index (χ2n) is 8.55. The van der Waals surface area contributed by atoms with Crippen LogP contribution in [0.1, 0.15) is 5.56 Å². The maximum atomic E-state index is 13.4. The van der Waals surface area contributed by atoms with E-state index in [9.17, 15) is 13.2 Å². The highest BCUT2D eigenvalue weighted by Gasteiger charge is 2.33. The number of hydrogen-bond donors (Lipinski definition) is 3. The van der Waals surface area contributed by atoms with Crippen LogP contribution in [0.25, 0.3) is 11.3 Å². The summed E-state index contributed by atoms with van der Waals surface area (Å²) < 4.78 is 40.1. The maximum absolute atomic E-state index is 13.4. The van der Waals surface area contributed by atoms with Gasteiger partial charge in [-0.2, -0.15) is 33.2 Å². The zero-order valence-electron chi connectivity index (χ0n) is 19.7. The summed E-state index contributed by atoms with van der Waals surface area (Å²) in [6.45, 7) is 3.03. The molecule has 0 aliphatic carbocycles. The lowest BCUT2D eigenvalue weighted by Crippen LogP contribution is -2.45. The molecule has 192 valence electrons. The molecule has 0 amide bonds. The second kappa shape index (κ2) is 10.2. The third-order valence-corrected chi connectivity index (χ3v) is 6.17. The van der Waals surface area contributed by atoms with Crippen molar-refractivity contribution in [3.8, 4) is 11.3 Å². The van der Waals surface area contributed by atoms with Crippen LogP contribution in [-0.2, 0) is 6.18 Å². The highest BCUT2D eigenvalue weighted by Crippen LogP contribution is 2.36. The van der Waals surface area contributed by atoms with Crippen molar-refractivity contribution < 1.29 is 13.2 Å². The first kappa shape index (κ1) is 24.8. The zero-order chi connectivity index (χ0) is 26.0. The molecule has 3 heterocycles. The van der Waals surface area contributed by atoms with Gasteiger partial charge in [-0.05, 0) is 30.8 Å². The fourth-order valence-electron chi connectivity index (χ4n) is 3.84. The number of aromatic amines is 1. The van der Waals surface area contributed by atoms with Gasteiger partial charge in [0.2, 0.25) is 17.8 Å². The van der Waals surface area contributed by atoms with Crippen molar-refractivity contribution >= 4 is 41.0 Å². The van der Waals surface area contributed by atoms with Crippen molar-refractivity contribution in [1.29, 1.82) is 0 Å². The Kier molecular flexibility index (Phi) is 6.85. The van der Waals surface area contributed by atoms with E-state index in [1.165, 1.54) is 12.1 Å². The monoisotopic (exact) mass is 529 g/mol. The van der Waals surface area contributed by atoms with E-state index in [0.717, 1.165) is 30.4 Å². The van der Waals surface area contributed by atoms with E-state index < -0.39 is 11.7 Å². The van der Waals surface area contributed by atoms with Crippen molar-refractivity contribution in [2.45, 2.75) is 6.18 Å². The average Bonchev–Trinajstić information content (AvgIpc) is 3.34. The standard InChI is InChI=1S/C24H23ClF3N9/c1-36-9-11-37(12-10-36)23-32-21(29-16-7-8-18(25)17(13-16)24(26,27)28)31-22(33-23)30-20-14-19(34-35-20)15-5-3-2-4-6-15/h2-8,13-14H,9-12H2,1H3,(H3,29,30,31,32,33,34,35). The van der Waals surface area contributed by atoms with Gasteiger partial charge in [0.1, 0.15) is 0 Å². The number of rotatable bonds is 6. The van der Waals surface area contributed by atoms with Crippen LogP contribution in [-0.4, -0.2) is 63.3 Å². The van der Waals surface area contributed by atoms with E-state index in [-0.39, 0.29) is 22.6 Å². The molecule has 0 saturated carbocycles. The quantitative estimate of drug-likeness (QED) is 0.314. The van der Waals surface area contributed by atoms with E-state index in [2.05, 4.69) is 40.7 Å². The third-order valence-electron chi connectivity index (χ3n) is 5.84. The minimum Gasteiger partial charge on any atom is -0.338 e. The third kappa shape index (κ3) is 5.92. The summed E-state index contributed by atoms with van der Waals surface area (Å²) in [5.41, 5.74) is 0.957. The molecule has 3 N–H and O–H groups in total. The van der Waals surface area contributed by atoms with Gasteiger partial charge in [-0.25, -0.2) is 0 Å². The van der Waals surface area contributed by atoms with Crippen LogP contribution in [0.5, 0.6) is 0 Å². The fraction of sp³-hybridized carbons (Fsp3) is 0.250. The summed E-state index contributed by atoms with van der Waals surface area (Å²) in [5.74, 6) is 1.16. The molecule has 0 atom stereocenters. The summed E-state index contributed by atoms with van der Waals surface area (Å²) in [6, 6.07) is 15.0. The number of halogens is 4. The molecule has 1 fully saturated rings.